The van der Waals surface area contributed by atoms with Crippen LogP contribution >= 0.6 is 0 Å². The van der Waals surface area contributed by atoms with E-state index in [0.717, 1.165) is 53.6 Å². The third-order valence-electron chi connectivity index (χ3n) is 6.56. The van der Waals surface area contributed by atoms with E-state index in [4.69, 9.17) is 0 Å². The van der Waals surface area contributed by atoms with Crippen LogP contribution in [-0.2, 0) is 22.4 Å². The fourth-order valence-electron chi connectivity index (χ4n) is 4.63. The number of imide groups is 1. The Bertz CT molecular complexity index is 1390. The first-order chi connectivity index (χ1) is 17.6. The second-order valence-electron chi connectivity index (χ2n) is 9.01. The number of unbranched alkanes of at least 4 members (excludes halogenated alkanes) is 2. The van der Waals surface area contributed by atoms with E-state index in [9.17, 15) is 14.4 Å². The zero-order valence-electron chi connectivity index (χ0n) is 19.9. The highest BCUT2D eigenvalue weighted by atomic mass is 16.2. The predicted octanol–water partition coefficient (Wildman–Crippen LogP) is 2.59. The Morgan fingerprint density at radius 2 is 1.86 bits per heavy atom. The summed E-state index contributed by atoms with van der Waals surface area (Å²) in [7, 11) is 0. The molecule has 1 aliphatic heterocycles. The molecule has 1 aromatic carbocycles. The minimum Gasteiger partial charge on any atom is -0.361 e. The van der Waals surface area contributed by atoms with Crippen LogP contribution in [0.1, 0.15) is 37.1 Å². The first kappa shape index (κ1) is 23.5. The van der Waals surface area contributed by atoms with Gasteiger partial charge in [-0.3, -0.25) is 18.9 Å². The number of carbonyl (C=O) groups excluding carboxylic acids is 3. The molecule has 1 saturated heterocycles. The van der Waals surface area contributed by atoms with E-state index >= 15 is 0 Å². The van der Waals surface area contributed by atoms with Gasteiger partial charge in [-0.05, 0) is 43.0 Å². The van der Waals surface area contributed by atoms with E-state index in [-0.39, 0.29) is 24.8 Å². The molecule has 36 heavy (non-hydrogen) atoms. The molecule has 1 fully saturated rings. The Morgan fingerprint density at radius 3 is 2.78 bits per heavy atom. The number of rotatable bonds is 11. The van der Waals surface area contributed by atoms with Crippen LogP contribution in [0.25, 0.3) is 16.6 Å². The molecule has 0 spiro atoms. The lowest BCUT2D eigenvalue weighted by atomic mass is 10.1. The topological polar surface area (TPSA) is 124 Å². The first-order valence-corrected chi connectivity index (χ1v) is 12.3. The van der Waals surface area contributed by atoms with Crippen molar-refractivity contribution in [2.24, 2.45) is 0 Å². The van der Waals surface area contributed by atoms with Crippen molar-refractivity contribution >= 4 is 34.4 Å². The number of hydrogen-bond acceptors (Lipinski definition) is 5. The van der Waals surface area contributed by atoms with Crippen molar-refractivity contribution in [3.8, 4) is 0 Å². The maximum atomic E-state index is 12.7. The number of urea groups is 1. The average molecular weight is 488 g/mol. The first-order valence-electron chi connectivity index (χ1n) is 12.3. The van der Waals surface area contributed by atoms with Gasteiger partial charge < -0.3 is 15.6 Å². The van der Waals surface area contributed by atoms with Gasteiger partial charge in [0.15, 0.2) is 5.65 Å². The number of H-pyrrole nitrogens is 1. The average Bonchev–Trinajstić information content (AvgIpc) is 3.56. The molecular weight excluding hydrogens is 458 g/mol. The molecule has 186 valence electrons. The number of fused-ring (bicyclic) bond motifs is 2. The molecule has 4 amide bonds. The molecule has 10 nitrogen and oxygen atoms in total. The summed E-state index contributed by atoms with van der Waals surface area (Å²) in [6.07, 6.45) is 7.86. The predicted molar refractivity (Wildman–Crippen MR) is 134 cm³/mol. The molecule has 10 heteroatoms. The third kappa shape index (κ3) is 5.07. The maximum Gasteiger partial charge on any atom is 0.324 e. The SMILES string of the molecule is O=C(C[C@H]1NC(=O)N(CCc2c[nH]c3ccccc23)C1=O)NCCCCCc1nnc2ccccn12. The molecule has 0 aliphatic carbocycles. The largest absolute Gasteiger partial charge is 0.361 e. The lowest BCUT2D eigenvalue weighted by Crippen LogP contribution is -2.37. The van der Waals surface area contributed by atoms with Gasteiger partial charge in [0.05, 0.1) is 6.42 Å². The van der Waals surface area contributed by atoms with Crippen LogP contribution in [0.3, 0.4) is 0 Å². The van der Waals surface area contributed by atoms with E-state index in [0.29, 0.717) is 13.0 Å². The second kappa shape index (κ2) is 10.6. The van der Waals surface area contributed by atoms with E-state index < -0.39 is 12.1 Å². The van der Waals surface area contributed by atoms with Crippen LogP contribution in [-0.4, -0.2) is 61.5 Å². The number of pyridine rings is 1. The summed E-state index contributed by atoms with van der Waals surface area (Å²) in [6, 6.07) is 12.5. The Morgan fingerprint density at radius 1 is 1.00 bits per heavy atom. The smallest absolute Gasteiger partial charge is 0.324 e. The van der Waals surface area contributed by atoms with E-state index in [1.54, 1.807) is 0 Å². The highest BCUT2D eigenvalue weighted by molar-refractivity contribution is 6.05. The standard InChI is InChI=1S/C26H29N7O3/c34-24(27-13-6-1-2-10-22-30-31-23-11-5-7-14-32(22)23)16-21-25(35)33(26(36)29-21)15-12-18-17-28-20-9-4-3-8-19(18)20/h3-5,7-9,11,14,17,21,28H,1-2,6,10,12-13,15-16H2,(H,27,34)(H,29,36)/t21-/m1/s1. The molecule has 1 atom stereocenters. The number of nitrogens with one attached hydrogen (secondary N) is 3. The Balaban J connectivity index is 1.01. The van der Waals surface area contributed by atoms with Crippen molar-refractivity contribution < 1.29 is 14.4 Å². The maximum absolute atomic E-state index is 12.7. The molecule has 4 heterocycles. The van der Waals surface area contributed by atoms with Crippen molar-refractivity contribution in [1.82, 2.24) is 35.1 Å². The van der Waals surface area contributed by atoms with Gasteiger partial charge in [0.1, 0.15) is 11.9 Å². The fraction of sp³-hybridized carbons (Fsp3) is 0.346. The van der Waals surface area contributed by atoms with E-state index in [1.807, 2.05) is 59.3 Å². The summed E-state index contributed by atoms with van der Waals surface area (Å²) in [6.45, 7) is 0.796. The van der Waals surface area contributed by atoms with Gasteiger partial charge in [0.25, 0.3) is 5.91 Å². The minimum absolute atomic E-state index is 0.0557. The van der Waals surface area contributed by atoms with E-state index in [2.05, 4.69) is 25.8 Å². The number of aryl methyl sites for hydroxylation is 1. The Kier molecular flexibility index (Phi) is 6.92. The zero-order valence-corrected chi connectivity index (χ0v) is 19.9. The van der Waals surface area contributed by atoms with Gasteiger partial charge in [0.2, 0.25) is 5.91 Å². The highest BCUT2D eigenvalue weighted by Gasteiger charge is 2.38. The highest BCUT2D eigenvalue weighted by Crippen LogP contribution is 2.19. The van der Waals surface area contributed by atoms with Crippen LogP contribution in [0.15, 0.2) is 54.9 Å². The molecule has 0 unspecified atom stereocenters. The van der Waals surface area contributed by atoms with Crippen LogP contribution < -0.4 is 10.6 Å². The van der Waals surface area contributed by atoms with Gasteiger partial charge in [-0.2, -0.15) is 0 Å². The number of carbonyl (C=O) groups is 3. The van der Waals surface area contributed by atoms with Crippen LogP contribution in [0.2, 0.25) is 0 Å². The molecule has 0 saturated carbocycles. The van der Waals surface area contributed by atoms with Crippen LogP contribution in [0.5, 0.6) is 0 Å². The quantitative estimate of drug-likeness (QED) is 0.222. The number of benzene rings is 1. The molecular formula is C26H29N7O3. The number of para-hydroxylation sites is 1. The van der Waals surface area contributed by atoms with Crippen LogP contribution in [0, 0.1) is 0 Å². The van der Waals surface area contributed by atoms with Crippen molar-refractivity contribution in [3.05, 3.63) is 66.2 Å². The lowest BCUT2D eigenvalue weighted by Gasteiger charge is -2.13. The molecule has 4 aromatic rings. The number of hydrogen-bond donors (Lipinski definition) is 3. The number of nitrogens with zero attached hydrogens (tertiary/aromatic N) is 4. The Labute approximate surface area is 208 Å². The number of aromatic amines is 1. The number of aromatic nitrogens is 4. The zero-order chi connectivity index (χ0) is 24.9. The normalized spacial score (nSPS) is 15.7. The lowest BCUT2D eigenvalue weighted by molar-refractivity contribution is -0.130. The van der Waals surface area contributed by atoms with Crippen molar-refractivity contribution in [3.63, 3.8) is 0 Å². The summed E-state index contributed by atoms with van der Waals surface area (Å²) in [5.41, 5.74) is 2.90. The monoisotopic (exact) mass is 487 g/mol. The summed E-state index contributed by atoms with van der Waals surface area (Å²) in [4.78, 5) is 41.9. The van der Waals surface area contributed by atoms with Gasteiger partial charge in [-0.1, -0.05) is 30.7 Å². The molecule has 1 aliphatic rings. The fourth-order valence-corrected chi connectivity index (χ4v) is 4.63. The van der Waals surface area contributed by atoms with Crippen LogP contribution in [0.4, 0.5) is 4.79 Å². The summed E-state index contributed by atoms with van der Waals surface area (Å²) >= 11 is 0. The summed E-state index contributed by atoms with van der Waals surface area (Å²) in [5, 5.41) is 15.0. The van der Waals surface area contributed by atoms with Gasteiger partial charge >= 0.3 is 6.03 Å². The summed E-state index contributed by atoms with van der Waals surface area (Å²) in [5.74, 6) is 0.338. The molecule has 3 aromatic heterocycles. The number of amides is 4. The van der Waals surface area contributed by atoms with Crippen molar-refractivity contribution in [1.29, 1.82) is 0 Å². The Hall–Kier alpha value is -4.21. The summed E-state index contributed by atoms with van der Waals surface area (Å²) < 4.78 is 1.98. The molecule has 5 rings (SSSR count). The van der Waals surface area contributed by atoms with Gasteiger partial charge in [0, 0.05) is 42.8 Å². The molecule has 3 N–H and O–H groups in total. The third-order valence-corrected chi connectivity index (χ3v) is 6.56. The molecule has 0 bridgehead atoms. The van der Waals surface area contributed by atoms with E-state index in [1.165, 1.54) is 4.90 Å². The van der Waals surface area contributed by atoms with Gasteiger partial charge in [-0.15, -0.1) is 10.2 Å². The van der Waals surface area contributed by atoms with Gasteiger partial charge in [-0.25, -0.2) is 4.79 Å². The van der Waals surface area contributed by atoms with Crippen molar-refractivity contribution in [2.45, 2.75) is 44.6 Å². The molecule has 0 radical (unpaired) electrons. The van der Waals surface area contributed by atoms with Crippen molar-refractivity contribution in [2.75, 3.05) is 13.1 Å². The minimum atomic E-state index is -0.818. The second-order valence-corrected chi connectivity index (χ2v) is 9.01.